The number of ether oxygens (including phenoxy) is 1. The Morgan fingerprint density at radius 1 is 1.53 bits per heavy atom. The highest BCUT2D eigenvalue weighted by Crippen LogP contribution is 2.61. The van der Waals surface area contributed by atoms with E-state index in [0.29, 0.717) is 6.42 Å². The molecule has 0 aromatic carbocycles. The van der Waals surface area contributed by atoms with Crippen LogP contribution >= 0.6 is 7.60 Å². The third kappa shape index (κ3) is 2.60. The molecule has 0 radical (unpaired) electrons. The molecule has 1 aliphatic heterocycles. The Morgan fingerprint density at radius 2 is 2.13 bits per heavy atom. The molecule has 15 heavy (non-hydrogen) atoms. The fraction of sp³-hybridized carbons (Fsp3) is 0.889. The first kappa shape index (κ1) is 12.7. The standard InChI is InChI=1S/C9H17O5P/c1-5-6-12-8(10)15(11)13-7(2)9(3,4)14-15/h7H,5-6H2,1-4H3. The molecule has 0 spiro atoms. The molecule has 2 atom stereocenters. The Labute approximate surface area is 89.6 Å². The maximum atomic E-state index is 11.9. The fourth-order valence-corrected chi connectivity index (χ4v) is 2.98. The van der Waals surface area contributed by atoms with Crippen LogP contribution in [0.4, 0.5) is 4.79 Å². The van der Waals surface area contributed by atoms with E-state index in [-0.39, 0.29) is 6.61 Å². The lowest BCUT2D eigenvalue weighted by molar-refractivity contribution is 0.0841. The summed E-state index contributed by atoms with van der Waals surface area (Å²) in [6.07, 6.45) is 0.280. The van der Waals surface area contributed by atoms with Gasteiger partial charge in [-0.05, 0) is 27.2 Å². The molecule has 0 bridgehead atoms. The van der Waals surface area contributed by atoms with Gasteiger partial charge in [-0.2, -0.15) is 0 Å². The number of carbonyl (C=O) groups excluding carboxylic acids is 1. The van der Waals surface area contributed by atoms with Crippen molar-refractivity contribution >= 4 is 13.3 Å². The molecule has 0 N–H and O–H groups in total. The van der Waals surface area contributed by atoms with Gasteiger partial charge < -0.3 is 4.74 Å². The van der Waals surface area contributed by atoms with Crippen molar-refractivity contribution in [2.24, 2.45) is 0 Å². The molecule has 0 aromatic heterocycles. The zero-order valence-corrected chi connectivity index (χ0v) is 10.4. The molecular formula is C9H17O5P. The molecular weight excluding hydrogens is 219 g/mol. The van der Waals surface area contributed by atoms with Gasteiger partial charge in [0.2, 0.25) is 0 Å². The van der Waals surface area contributed by atoms with Gasteiger partial charge in [0.1, 0.15) is 0 Å². The summed E-state index contributed by atoms with van der Waals surface area (Å²) >= 11 is 0. The highest BCUT2D eigenvalue weighted by atomic mass is 31.2. The van der Waals surface area contributed by atoms with Gasteiger partial charge in [0, 0.05) is 0 Å². The summed E-state index contributed by atoms with van der Waals surface area (Å²) in [6.45, 7) is 7.25. The predicted octanol–water partition coefficient (Wildman–Crippen LogP) is 2.94. The first-order chi connectivity index (χ1) is 6.82. The van der Waals surface area contributed by atoms with E-state index in [1.165, 1.54) is 0 Å². The van der Waals surface area contributed by atoms with Crippen LogP contribution in [0.3, 0.4) is 0 Å². The van der Waals surface area contributed by atoms with E-state index < -0.39 is 25.0 Å². The molecule has 1 fully saturated rings. The van der Waals surface area contributed by atoms with Crippen LogP contribution in [0.25, 0.3) is 0 Å². The third-order valence-electron chi connectivity index (χ3n) is 2.28. The van der Waals surface area contributed by atoms with Crippen molar-refractivity contribution in [1.82, 2.24) is 0 Å². The Balaban J connectivity index is 2.70. The predicted molar refractivity (Wildman–Crippen MR) is 55.0 cm³/mol. The minimum absolute atomic E-state index is 0.227. The topological polar surface area (TPSA) is 61.8 Å². The maximum Gasteiger partial charge on any atom is 0.439 e. The normalized spacial score (nSPS) is 34.0. The summed E-state index contributed by atoms with van der Waals surface area (Å²) in [6, 6.07) is 0. The summed E-state index contributed by atoms with van der Waals surface area (Å²) in [5.74, 6) is 0. The minimum atomic E-state index is -3.73. The first-order valence-electron chi connectivity index (χ1n) is 4.98. The van der Waals surface area contributed by atoms with Crippen LogP contribution in [-0.4, -0.2) is 24.0 Å². The molecule has 88 valence electrons. The number of hydrogen-bond donors (Lipinski definition) is 0. The lowest BCUT2D eigenvalue weighted by atomic mass is 10.0. The average Bonchev–Trinajstić information content (AvgIpc) is 2.33. The Bertz CT molecular complexity index is 299. The number of carbonyl (C=O) groups is 1. The second kappa shape index (κ2) is 4.24. The summed E-state index contributed by atoms with van der Waals surface area (Å²) < 4.78 is 26.9. The lowest BCUT2D eigenvalue weighted by Gasteiger charge is -2.18. The monoisotopic (exact) mass is 236 g/mol. The van der Waals surface area contributed by atoms with Crippen LogP contribution in [0, 0.1) is 0 Å². The molecule has 0 aliphatic carbocycles. The van der Waals surface area contributed by atoms with Crippen molar-refractivity contribution in [2.75, 3.05) is 6.61 Å². The van der Waals surface area contributed by atoms with E-state index >= 15 is 0 Å². The van der Waals surface area contributed by atoms with E-state index in [4.69, 9.17) is 13.8 Å². The summed E-state index contributed by atoms with van der Waals surface area (Å²) in [5, 5.41) is 0. The van der Waals surface area contributed by atoms with E-state index in [0.717, 1.165) is 0 Å². The quantitative estimate of drug-likeness (QED) is 0.705. The molecule has 1 saturated heterocycles. The first-order valence-corrected chi connectivity index (χ1v) is 6.52. The van der Waals surface area contributed by atoms with Gasteiger partial charge in [0.25, 0.3) is 0 Å². The number of rotatable bonds is 3. The van der Waals surface area contributed by atoms with Gasteiger partial charge in [-0.25, -0.2) is 9.36 Å². The van der Waals surface area contributed by atoms with Crippen LogP contribution in [0.15, 0.2) is 0 Å². The van der Waals surface area contributed by atoms with E-state index in [1.54, 1.807) is 20.8 Å². The zero-order valence-electron chi connectivity index (χ0n) is 9.48. The number of hydrogen-bond acceptors (Lipinski definition) is 5. The largest absolute Gasteiger partial charge is 0.457 e. The second-order valence-corrected chi connectivity index (χ2v) is 5.81. The Hall–Kier alpha value is -0.380. The Morgan fingerprint density at radius 3 is 2.53 bits per heavy atom. The summed E-state index contributed by atoms with van der Waals surface area (Å²) in [4.78, 5) is 11.4. The summed E-state index contributed by atoms with van der Waals surface area (Å²) in [5.41, 5.74) is -1.61. The van der Waals surface area contributed by atoms with Crippen molar-refractivity contribution < 1.29 is 23.1 Å². The highest BCUT2D eigenvalue weighted by Gasteiger charge is 2.53. The smallest absolute Gasteiger partial charge is 0.439 e. The van der Waals surface area contributed by atoms with Gasteiger partial charge in [-0.3, -0.25) is 9.05 Å². The zero-order chi connectivity index (χ0) is 11.7. The molecule has 0 aromatic rings. The molecule has 5 nitrogen and oxygen atoms in total. The van der Waals surface area contributed by atoms with Crippen molar-refractivity contribution in [2.45, 2.75) is 45.8 Å². The molecule has 1 rings (SSSR count). The van der Waals surface area contributed by atoms with Gasteiger partial charge in [0.05, 0.1) is 18.3 Å². The maximum absolute atomic E-state index is 11.9. The lowest BCUT2D eigenvalue weighted by Crippen LogP contribution is -2.29. The van der Waals surface area contributed by atoms with Crippen molar-refractivity contribution in [3.8, 4) is 0 Å². The van der Waals surface area contributed by atoms with Gasteiger partial charge in [-0.15, -0.1) is 0 Å². The molecule has 6 heteroatoms. The molecule has 0 saturated carbocycles. The Kier molecular flexibility index (Phi) is 3.59. The van der Waals surface area contributed by atoms with Crippen molar-refractivity contribution in [1.29, 1.82) is 0 Å². The van der Waals surface area contributed by atoms with Crippen LogP contribution < -0.4 is 0 Å². The van der Waals surface area contributed by atoms with Gasteiger partial charge >= 0.3 is 13.3 Å². The summed E-state index contributed by atoms with van der Waals surface area (Å²) in [7, 11) is -3.73. The molecule has 2 unspecified atom stereocenters. The average molecular weight is 236 g/mol. The van der Waals surface area contributed by atoms with Gasteiger partial charge in [-0.1, -0.05) is 6.92 Å². The van der Waals surface area contributed by atoms with Crippen LogP contribution in [0.2, 0.25) is 0 Å². The van der Waals surface area contributed by atoms with Crippen LogP contribution in [-0.2, 0) is 18.3 Å². The molecule has 0 amide bonds. The van der Waals surface area contributed by atoms with E-state index in [9.17, 15) is 9.36 Å². The van der Waals surface area contributed by atoms with E-state index in [1.807, 2.05) is 6.92 Å². The SMILES string of the molecule is CCCOC(=O)P1(=O)OC(C)C(C)(C)O1. The van der Waals surface area contributed by atoms with Crippen molar-refractivity contribution in [3.63, 3.8) is 0 Å². The highest BCUT2D eigenvalue weighted by molar-refractivity contribution is 7.71. The molecule has 1 heterocycles. The van der Waals surface area contributed by atoms with Crippen LogP contribution in [0.1, 0.15) is 34.1 Å². The fourth-order valence-electron chi connectivity index (χ4n) is 1.09. The van der Waals surface area contributed by atoms with Crippen LogP contribution in [0.5, 0.6) is 0 Å². The van der Waals surface area contributed by atoms with Crippen molar-refractivity contribution in [3.05, 3.63) is 0 Å². The van der Waals surface area contributed by atoms with E-state index in [2.05, 4.69) is 0 Å². The second-order valence-electron chi connectivity index (χ2n) is 4.05. The minimum Gasteiger partial charge on any atom is -0.457 e. The third-order valence-corrected chi connectivity index (χ3v) is 4.17. The molecule has 1 aliphatic rings. The van der Waals surface area contributed by atoms with Gasteiger partial charge in [0.15, 0.2) is 0 Å².